The summed E-state index contributed by atoms with van der Waals surface area (Å²) in [6.45, 7) is 6.26. The Kier molecular flexibility index (Phi) is 6.37. The Balaban J connectivity index is 1.92. The van der Waals surface area contributed by atoms with Gasteiger partial charge in [0.1, 0.15) is 5.75 Å². The van der Waals surface area contributed by atoms with Crippen molar-refractivity contribution in [2.24, 2.45) is 4.99 Å². The van der Waals surface area contributed by atoms with Crippen molar-refractivity contribution < 1.29 is 14.3 Å². The van der Waals surface area contributed by atoms with Gasteiger partial charge in [0.25, 0.3) is 5.56 Å². The van der Waals surface area contributed by atoms with E-state index in [2.05, 4.69) is 4.99 Å². The topological polar surface area (TPSA) is 69.9 Å². The lowest BCUT2D eigenvalue weighted by Crippen LogP contribution is -2.39. The van der Waals surface area contributed by atoms with Crippen LogP contribution >= 0.6 is 11.3 Å². The van der Waals surface area contributed by atoms with E-state index >= 15 is 0 Å². The molecule has 0 amide bonds. The average Bonchev–Trinajstić information content (AvgIpc) is 3.09. The summed E-state index contributed by atoms with van der Waals surface area (Å²) in [6.07, 6.45) is 1.85. The quantitative estimate of drug-likeness (QED) is 0.543. The van der Waals surface area contributed by atoms with Crippen LogP contribution in [0.2, 0.25) is 0 Å². The van der Waals surface area contributed by atoms with Crippen LogP contribution in [0, 0.1) is 0 Å². The Hall–Kier alpha value is -3.45. The number of aromatic nitrogens is 1. The lowest BCUT2D eigenvalue weighted by molar-refractivity contribution is -0.139. The van der Waals surface area contributed by atoms with E-state index in [0.717, 1.165) is 16.9 Å². The van der Waals surface area contributed by atoms with Crippen LogP contribution in [0.1, 0.15) is 37.9 Å². The van der Waals surface area contributed by atoms with Crippen molar-refractivity contribution in [1.82, 2.24) is 4.57 Å². The molecule has 2 aromatic carbocycles. The average molecular weight is 449 g/mol. The summed E-state index contributed by atoms with van der Waals surface area (Å²) in [5.41, 5.74) is 2.45. The molecular formula is C25H24N2O4S. The van der Waals surface area contributed by atoms with Crippen LogP contribution in [0.4, 0.5) is 0 Å². The molecule has 0 saturated carbocycles. The minimum atomic E-state index is -0.626. The molecule has 1 aliphatic rings. The largest absolute Gasteiger partial charge is 0.494 e. The Morgan fingerprint density at radius 1 is 1.09 bits per heavy atom. The lowest BCUT2D eigenvalue weighted by Gasteiger charge is -2.24. The van der Waals surface area contributed by atoms with E-state index in [4.69, 9.17) is 9.47 Å². The number of hydrogen-bond donors (Lipinski definition) is 0. The molecule has 164 valence electrons. The number of thiazole rings is 1. The molecule has 0 radical (unpaired) electrons. The highest BCUT2D eigenvalue weighted by Crippen LogP contribution is 2.31. The molecule has 0 bridgehead atoms. The number of rotatable bonds is 6. The first-order valence-corrected chi connectivity index (χ1v) is 11.3. The first-order chi connectivity index (χ1) is 15.5. The number of hydrogen-bond acceptors (Lipinski definition) is 6. The van der Waals surface area contributed by atoms with Gasteiger partial charge in [-0.3, -0.25) is 9.36 Å². The van der Waals surface area contributed by atoms with Crippen LogP contribution in [0.15, 0.2) is 75.7 Å². The van der Waals surface area contributed by atoms with Gasteiger partial charge in [-0.2, -0.15) is 0 Å². The second-order valence-corrected chi connectivity index (χ2v) is 8.22. The van der Waals surface area contributed by atoms with Crippen LogP contribution in [-0.2, 0) is 9.53 Å². The number of carbonyl (C=O) groups is 1. The molecule has 0 aliphatic carbocycles. The fourth-order valence-electron chi connectivity index (χ4n) is 3.72. The van der Waals surface area contributed by atoms with Crippen molar-refractivity contribution in [2.75, 3.05) is 13.2 Å². The molecule has 1 aromatic heterocycles. The maximum absolute atomic E-state index is 13.5. The normalized spacial score (nSPS) is 15.8. The fourth-order valence-corrected chi connectivity index (χ4v) is 4.77. The molecule has 7 heteroatoms. The highest BCUT2D eigenvalue weighted by atomic mass is 32.1. The number of nitrogens with zero attached hydrogens (tertiary/aromatic N) is 2. The van der Waals surface area contributed by atoms with Crippen molar-refractivity contribution in [3.63, 3.8) is 0 Å². The maximum Gasteiger partial charge on any atom is 0.338 e. The molecule has 0 fully saturated rings. The first kappa shape index (κ1) is 21.8. The predicted octanol–water partition coefficient (Wildman–Crippen LogP) is 3.20. The van der Waals surface area contributed by atoms with Gasteiger partial charge in [0.15, 0.2) is 4.80 Å². The standard InChI is InChI=1S/C25H24N2O4S/c1-4-30-19-13-11-18(12-14-19)22-21(24(29)31-5-2)16(3)26-25-27(22)23(28)20(32-25)15-17-9-7-6-8-10-17/h6-15,22H,4-5H2,1-3H3/b20-15-/t22-/m0/s1. The number of ether oxygens (including phenoxy) is 2. The van der Waals surface area contributed by atoms with Gasteiger partial charge < -0.3 is 9.47 Å². The van der Waals surface area contributed by atoms with Crippen molar-refractivity contribution >= 4 is 23.4 Å². The third-order valence-electron chi connectivity index (χ3n) is 5.12. The molecule has 6 nitrogen and oxygen atoms in total. The van der Waals surface area contributed by atoms with Crippen LogP contribution in [0.5, 0.6) is 5.75 Å². The Bertz CT molecular complexity index is 1340. The number of carbonyl (C=O) groups excluding carboxylic acids is 1. The molecule has 0 saturated heterocycles. The van der Waals surface area contributed by atoms with E-state index < -0.39 is 12.0 Å². The van der Waals surface area contributed by atoms with E-state index in [1.165, 1.54) is 11.3 Å². The maximum atomic E-state index is 13.5. The second kappa shape index (κ2) is 9.36. The van der Waals surface area contributed by atoms with Crippen molar-refractivity contribution in [3.05, 3.63) is 96.7 Å². The Morgan fingerprint density at radius 3 is 2.47 bits per heavy atom. The lowest BCUT2D eigenvalue weighted by atomic mass is 9.96. The van der Waals surface area contributed by atoms with Gasteiger partial charge in [-0.1, -0.05) is 53.8 Å². The van der Waals surface area contributed by atoms with E-state index in [1.807, 2.05) is 67.6 Å². The number of fused-ring (bicyclic) bond motifs is 1. The number of benzene rings is 2. The molecule has 32 heavy (non-hydrogen) atoms. The minimum absolute atomic E-state index is 0.189. The summed E-state index contributed by atoms with van der Waals surface area (Å²) in [5, 5.41) is 0. The third-order valence-corrected chi connectivity index (χ3v) is 6.10. The van der Waals surface area contributed by atoms with Gasteiger partial charge in [-0.15, -0.1) is 0 Å². The van der Waals surface area contributed by atoms with Gasteiger partial charge in [0.2, 0.25) is 0 Å². The van der Waals surface area contributed by atoms with Crippen molar-refractivity contribution in [1.29, 1.82) is 0 Å². The van der Waals surface area contributed by atoms with Crippen LogP contribution in [0.3, 0.4) is 0 Å². The summed E-state index contributed by atoms with van der Waals surface area (Å²) >= 11 is 1.31. The van der Waals surface area contributed by atoms with Gasteiger partial charge in [-0.25, -0.2) is 9.79 Å². The van der Waals surface area contributed by atoms with E-state index in [9.17, 15) is 9.59 Å². The monoisotopic (exact) mass is 448 g/mol. The zero-order valence-electron chi connectivity index (χ0n) is 18.2. The predicted molar refractivity (Wildman–Crippen MR) is 124 cm³/mol. The molecular weight excluding hydrogens is 424 g/mol. The zero-order chi connectivity index (χ0) is 22.7. The molecule has 2 heterocycles. The highest BCUT2D eigenvalue weighted by Gasteiger charge is 2.33. The van der Waals surface area contributed by atoms with Crippen LogP contribution in [0.25, 0.3) is 6.08 Å². The van der Waals surface area contributed by atoms with E-state index in [0.29, 0.717) is 27.2 Å². The van der Waals surface area contributed by atoms with Crippen LogP contribution in [-0.4, -0.2) is 23.8 Å². The van der Waals surface area contributed by atoms with E-state index in [1.54, 1.807) is 18.4 Å². The zero-order valence-corrected chi connectivity index (χ0v) is 19.0. The molecule has 3 aromatic rings. The Morgan fingerprint density at radius 2 is 1.81 bits per heavy atom. The summed E-state index contributed by atoms with van der Waals surface area (Å²) in [5.74, 6) is 0.260. The fraction of sp³-hybridized carbons (Fsp3) is 0.240. The van der Waals surface area contributed by atoms with Gasteiger partial charge in [0, 0.05) is 0 Å². The number of allylic oxidation sites excluding steroid dienone is 1. The highest BCUT2D eigenvalue weighted by molar-refractivity contribution is 7.07. The van der Waals surface area contributed by atoms with Crippen molar-refractivity contribution in [3.8, 4) is 5.75 Å². The molecule has 1 aliphatic heterocycles. The van der Waals surface area contributed by atoms with Gasteiger partial charge >= 0.3 is 5.97 Å². The smallest absolute Gasteiger partial charge is 0.338 e. The third kappa shape index (κ3) is 4.16. The molecule has 4 rings (SSSR count). The van der Waals surface area contributed by atoms with Crippen LogP contribution < -0.4 is 19.6 Å². The van der Waals surface area contributed by atoms with Gasteiger partial charge in [-0.05, 0) is 50.1 Å². The summed E-state index contributed by atoms with van der Waals surface area (Å²) in [4.78, 5) is 31.5. The van der Waals surface area contributed by atoms with E-state index in [-0.39, 0.29) is 12.2 Å². The Labute approximate surface area is 189 Å². The second-order valence-electron chi connectivity index (χ2n) is 7.22. The minimum Gasteiger partial charge on any atom is -0.494 e. The van der Waals surface area contributed by atoms with Crippen molar-refractivity contribution in [2.45, 2.75) is 26.8 Å². The molecule has 0 spiro atoms. The SMILES string of the molecule is CCOC(=O)C1=C(C)N=c2s/c(=C\c3ccccc3)c(=O)n2[C@H]1c1ccc(OCC)cc1. The molecule has 0 unspecified atom stereocenters. The summed E-state index contributed by atoms with van der Waals surface area (Å²) < 4.78 is 13.0. The number of esters is 1. The molecule has 1 atom stereocenters. The van der Waals surface area contributed by atoms with Gasteiger partial charge in [0.05, 0.1) is 35.1 Å². The summed E-state index contributed by atoms with van der Waals surface area (Å²) in [6, 6.07) is 16.5. The summed E-state index contributed by atoms with van der Waals surface area (Å²) in [7, 11) is 0. The first-order valence-electron chi connectivity index (χ1n) is 10.5. The molecule has 0 N–H and O–H groups in total.